The number of halogens is 1. The summed E-state index contributed by atoms with van der Waals surface area (Å²) in [4.78, 5) is 26.4. The zero-order valence-electron chi connectivity index (χ0n) is 17.5. The zero-order chi connectivity index (χ0) is 22.1. The monoisotopic (exact) mass is 496 g/mol. The van der Waals surface area contributed by atoms with E-state index in [4.69, 9.17) is 4.52 Å². The smallest absolute Gasteiger partial charge is 0.266 e. The molecule has 5 heterocycles. The summed E-state index contributed by atoms with van der Waals surface area (Å²) in [5.74, 6) is 2.66. The highest BCUT2D eigenvalue weighted by molar-refractivity contribution is 9.18. The number of fused-ring (bicyclic) bond motifs is 2. The minimum Gasteiger partial charge on any atom is -0.339 e. The molecule has 1 aliphatic heterocycles. The van der Waals surface area contributed by atoms with Gasteiger partial charge in [0, 0.05) is 32.0 Å². The van der Waals surface area contributed by atoms with Crippen LogP contribution in [0.25, 0.3) is 17.3 Å². The van der Waals surface area contributed by atoms with Crippen LogP contribution in [0, 0.1) is 0 Å². The van der Waals surface area contributed by atoms with E-state index in [2.05, 4.69) is 53.2 Å². The van der Waals surface area contributed by atoms with E-state index in [1.807, 2.05) is 22.8 Å². The first kappa shape index (κ1) is 20.7. The molecule has 0 saturated carbocycles. The van der Waals surface area contributed by atoms with E-state index in [0.717, 1.165) is 30.4 Å². The van der Waals surface area contributed by atoms with Gasteiger partial charge in [-0.1, -0.05) is 31.0 Å². The van der Waals surface area contributed by atoms with Crippen LogP contribution in [0.4, 0.5) is 5.82 Å². The molecule has 164 valence electrons. The van der Waals surface area contributed by atoms with E-state index < -0.39 is 0 Å². The van der Waals surface area contributed by atoms with E-state index in [1.54, 1.807) is 10.6 Å². The largest absolute Gasteiger partial charge is 0.339 e. The minimum atomic E-state index is -0.125. The van der Waals surface area contributed by atoms with Crippen LogP contribution in [0.2, 0.25) is 0 Å². The van der Waals surface area contributed by atoms with Crippen molar-refractivity contribution in [1.82, 2.24) is 34.3 Å². The Morgan fingerprint density at radius 1 is 1.19 bits per heavy atom. The van der Waals surface area contributed by atoms with Crippen molar-refractivity contribution in [3.05, 3.63) is 52.0 Å². The summed E-state index contributed by atoms with van der Waals surface area (Å²) < 4.78 is 9.73. The van der Waals surface area contributed by atoms with Gasteiger partial charge in [-0.2, -0.15) is 4.98 Å². The van der Waals surface area contributed by atoms with Crippen molar-refractivity contribution >= 4 is 32.1 Å². The SMILES string of the molecule is CCCCCn1c2c(c(=O)n3c(CCc4nc(-c5ccccn5)no4)nnc13)CC(Br)=N2. The number of nitrogens with zero attached hydrogens (tertiary/aromatic N) is 8. The van der Waals surface area contributed by atoms with Gasteiger partial charge in [-0.05, 0) is 34.5 Å². The number of aliphatic imine (C=N–C) groups is 1. The van der Waals surface area contributed by atoms with Gasteiger partial charge in [-0.25, -0.2) is 9.39 Å². The Hall–Kier alpha value is -3.21. The number of hydrogen-bond donors (Lipinski definition) is 0. The van der Waals surface area contributed by atoms with Gasteiger partial charge in [0.1, 0.15) is 17.3 Å². The van der Waals surface area contributed by atoms with E-state index >= 15 is 0 Å². The van der Waals surface area contributed by atoms with Crippen LogP contribution in [0.5, 0.6) is 0 Å². The van der Waals surface area contributed by atoms with Crippen molar-refractivity contribution in [3.63, 3.8) is 0 Å². The highest BCUT2D eigenvalue weighted by atomic mass is 79.9. The van der Waals surface area contributed by atoms with Crippen LogP contribution in [-0.4, -0.2) is 38.9 Å². The lowest BCUT2D eigenvalue weighted by Gasteiger charge is -2.12. The van der Waals surface area contributed by atoms with Crippen LogP contribution < -0.4 is 5.56 Å². The fourth-order valence-corrected chi connectivity index (χ4v) is 4.27. The maximum atomic E-state index is 13.2. The molecule has 10 nitrogen and oxygen atoms in total. The molecular formula is C21H21BrN8O2. The lowest BCUT2D eigenvalue weighted by Crippen LogP contribution is -2.24. The van der Waals surface area contributed by atoms with Crippen molar-refractivity contribution in [2.24, 2.45) is 4.99 Å². The fraction of sp³-hybridized carbons (Fsp3) is 0.381. The molecule has 0 fully saturated rings. The molecule has 0 N–H and O–H groups in total. The van der Waals surface area contributed by atoms with Crippen molar-refractivity contribution in [2.45, 2.75) is 52.0 Å². The number of aromatic nitrogens is 7. The van der Waals surface area contributed by atoms with E-state index in [1.165, 1.54) is 0 Å². The average molecular weight is 497 g/mol. The lowest BCUT2D eigenvalue weighted by molar-refractivity contribution is 0.377. The summed E-state index contributed by atoms with van der Waals surface area (Å²) in [6, 6.07) is 5.52. The number of pyridine rings is 1. The molecule has 0 atom stereocenters. The second-order valence-corrected chi connectivity index (χ2v) is 8.52. The van der Waals surface area contributed by atoms with E-state index in [9.17, 15) is 4.79 Å². The Labute approximate surface area is 191 Å². The van der Waals surface area contributed by atoms with Gasteiger partial charge in [0.15, 0.2) is 0 Å². The number of hydrogen-bond acceptors (Lipinski definition) is 8. The standard InChI is InChI=1S/C21H21BrN8O2/c1-2-3-6-11-29-19-13(12-15(22)24-19)20(31)30-16(26-27-21(29)30)8-9-17-25-18(28-32-17)14-7-4-5-10-23-14/h4-5,7,10H,2-3,6,8-9,11-12H2,1H3. The maximum absolute atomic E-state index is 13.2. The maximum Gasteiger partial charge on any atom is 0.266 e. The van der Waals surface area contributed by atoms with E-state index in [-0.39, 0.29) is 5.56 Å². The molecule has 0 saturated heterocycles. The first-order chi connectivity index (χ1) is 15.7. The number of unbranched alkanes of at least 4 members (excludes halogenated alkanes) is 2. The lowest BCUT2D eigenvalue weighted by atomic mass is 10.2. The Morgan fingerprint density at radius 3 is 2.91 bits per heavy atom. The van der Waals surface area contributed by atoms with Crippen LogP contribution in [0.3, 0.4) is 0 Å². The third-order valence-corrected chi connectivity index (χ3v) is 5.86. The molecule has 0 unspecified atom stereocenters. The molecule has 0 spiro atoms. The Kier molecular flexibility index (Phi) is 5.64. The molecule has 4 aromatic heterocycles. The predicted octanol–water partition coefficient (Wildman–Crippen LogP) is 3.29. The predicted molar refractivity (Wildman–Crippen MR) is 121 cm³/mol. The summed E-state index contributed by atoms with van der Waals surface area (Å²) in [5.41, 5.74) is 1.18. The average Bonchev–Trinajstić information content (AvgIpc) is 3.53. The van der Waals surface area contributed by atoms with Crippen LogP contribution in [0.1, 0.15) is 43.5 Å². The summed E-state index contributed by atoms with van der Waals surface area (Å²) >= 11 is 3.45. The quantitative estimate of drug-likeness (QED) is 0.343. The van der Waals surface area contributed by atoms with Gasteiger partial charge in [0.2, 0.25) is 17.5 Å². The number of rotatable bonds is 8. The normalized spacial score (nSPS) is 13.0. The molecule has 11 heteroatoms. The Bertz CT molecular complexity index is 1360. The number of aryl methyl sites for hydroxylation is 3. The first-order valence-corrected chi connectivity index (χ1v) is 11.4. The Morgan fingerprint density at radius 2 is 2.09 bits per heavy atom. The molecule has 0 aliphatic carbocycles. The first-order valence-electron chi connectivity index (χ1n) is 10.6. The van der Waals surface area contributed by atoms with Crippen LogP contribution >= 0.6 is 15.9 Å². The van der Waals surface area contributed by atoms with Crippen LogP contribution in [-0.2, 0) is 25.8 Å². The summed E-state index contributed by atoms with van der Waals surface area (Å²) in [6.07, 6.45) is 6.22. The zero-order valence-corrected chi connectivity index (χ0v) is 19.1. The second-order valence-electron chi connectivity index (χ2n) is 7.61. The highest BCUT2D eigenvalue weighted by Gasteiger charge is 2.25. The van der Waals surface area contributed by atoms with Crippen molar-refractivity contribution in [2.75, 3.05) is 0 Å². The summed E-state index contributed by atoms with van der Waals surface area (Å²) in [6.45, 7) is 2.89. The molecule has 4 aromatic rings. The van der Waals surface area contributed by atoms with Crippen LogP contribution in [0.15, 0.2) is 38.7 Å². The van der Waals surface area contributed by atoms with Gasteiger partial charge >= 0.3 is 0 Å². The highest BCUT2D eigenvalue weighted by Crippen LogP contribution is 2.28. The van der Waals surface area contributed by atoms with Crippen molar-refractivity contribution < 1.29 is 4.52 Å². The molecule has 0 aromatic carbocycles. The van der Waals surface area contributed by atoms with Gasteiger partial charge in [-0.3, -0.25) is 14.3 Å². The molecule has 32 heavy (non-hydrogen) atoms. The van der Waals surface area contributed by atoms with E-state index in [0.29, 0.717) is 59.7 Å². The van der Waals surface area contributed by atoms with Gasteiger partial charge < -0.3 is 4.52 Å². The van der Waals surface area contributed by atoms with Gasteiger partial charge in [-0.15, -0.1) is 10.2 Å². The third-order valence-electron chi connectivity index (χ3n) is 5.40. The van der Waals surface area contributed by atoms with Gasteiger partial charge in [0.05, 0.1) is 10.2 Å². The fourth-order valence-electron chi connectivity index (χ4n) is 3.82. The third kappa shape index (κ3) is 3.77. The minimum absolute atomic E-state index is 0.125. The van der Waals surface area contributed by atoms with Crippen molar-refractivity contribution in [3.8, 4) is 11.5 Å². The second kappa shape index (κ2) is 8.73. The Balaban J connectivity index is 1.45. The topological polar surface area (TPSA) is 116 Å². The van der Waals surface area contributed by atoms with Gasteiger partial charge in [0.25, 0.3) is 5.56 Å². The molecule has 5 rings (SSSR count). The molecular weight excluding hydrogens is 476 g/mol. The van der Waals surface area contributed by atoms with Crippen molar-refractivity contribution in [1.29, 1.82) is 0 Å². The molecule has 0 amide bonds. The molecule has 0 bridgehead atoms. The molecule has 0 radical (unpaired) electrons. The summed E-state index contributed by atoms with van der Waals surface area (Å²) in [7, 11) is 0. The molecule has 1 aliphatic rings. The summed E-state index contributed by atoms with van der Waals surface area (Å²) in [5, 5.41) is 12.7.